The third kappa shape index (κ3) is 4.88. The highest BCUT2D eigenvalue weighted by atomic mass is 35.5. The number of amides is 2. The molecule has 2 heterocycles. The summed E-state index contributed by atoms with van der Waals surface area (Å²) in [7, 11) is 0. The molecule has 6 nitrogen and oxygen atoms in total. The largest absolute Gasteiger partial charge is 0.507 e. The van der Waals surface area contributed by atoms with E-state index in [4.69, 9.17) is 11.6 Å². The van der Waals surface area contributed by atoms with Gasteiger partial charge in [0.25, 0.3) is 11.8 Å². The van der Waals surface area contributed by atoms with E-state index in [0.29, 0.717) is 15.6 Å². The van der Waals surface area contributed by atoms with Crippen LogP contribution in [0.1, 0.15) is 33.6 Å². The molecule has 1 aromatic carbocycles. The van der Waals surface area contributed by atoms with E-state index < -0.39 is 5.91 Å². The first kappa shape index (κ1) is 20.5. The number of carbonyl (C=O) groups excluding carboxylic acids is 2. The molecule has 2 aromatic rings. The van der Waals surface area contributed by atoms with Crippen molar-refractivity contribution in [2.45, 2.75) is 18.9 Å². The molecule has 3 rings (SSSR count). The number of anilines is 1. The quantitative estimate of drug-likeness (QED) is 0.616. The molecule has 0 atom stereocenters. The van der Waals surface area contributed by atoms with Crippen LogP contribution in [-0.2, 0) is 0 Å². The number of halogens is 2. The molecule has 1 saturated heterocycles. The Bertz CT molecular complexity index is 791. The maximum Gasteiger partial charge on any atom is 0.260 e. The molecule has 1 aromatic heterocycles. The van der Waals surface area contributed by atoms with Gasteiger partial charge in [0.1, 0.15) is 10.8 Å². The molecule has 0 saturated carbocycles. The molecular formula is C17H19Cl2N3O3S. The van der Waals surface area contributed by atoms with Crippen molar-refractivity contribution in [2.75, 3.05) is 18.4 Å². The summed E-state index contributed by atoms with van der Waals surface area (Å²) in [6, 6.07) is 6.08. The molecule has 0 spiro atoms. The van der Waals surface area contributed by atoms with Crippen molar-refractivity contribution in [1.29, 1.82) is 0 Å². The minimum atomic E-state index is -0.493. The molecule has 2 amide bonds. The smallest absolute Gasteiger partial charge is 0.260 e. The monoisotopic (exact) mass is 415 g/mol. The molecule has 140 valence electrons. The molecular weight excluding hydrogens is 397 g/mol. The lowest BCUT2D eigenvalue weighted by Crippen LogP contribution is -2.42. The van der Waals surface area contributed by atoms with Gasteiger partial charge in [-0.15, -0.1) is 23.7 Å². The van der Waals surface area contributed by atoms with Gasteiger partial charge in [0.05, 0.1) is 11.1 Å². The van der Waals surface area contributed by atoms with Crippen LogP contribution < -0.4 is 16.0 Å². The fraction of sp³-hybridized carbons (Fsp3) is 0.294. The molecule has 1 aliphatic rings. The van der Waals surface area contributed by atoms with Crippen LogP contribution in [-0.4, -0.2) is 36.1 Å². The maximum absolute atomic E-state index is 12.5. The average molecular weight is 416 g/mol. The summed E-state index contributed by atoms with van der Waals surface area (Å²) in [4.78, 5) is 24.8. The normalized spacial score (nSPS) is 14.3. The van der Waals surface area contributed by atoms with Gasteiger partial charge in [0, 0.05) is 11.1 Å². The number of nitrogens with one attached hydrogen (secondary N) is 3. The topological polar surface area (TPSA) is 90.5 Å². The van der Waals surface area contributed by atoms with E-state index in [-0.39, 0.29) is 35.7 Å². The zero-order valence-corrected chi connectivity index (χ0v) is 16.1. The van der Waals surface area contributed by atoms with E-state index in [1.54, 1.807) is 11.4 Å². The Hall–Kier alpha value is -1.80. The molecule has 1 aliphatic heterocycles. The summed E-state index contributed by atoms with van der Waals surface area (Å²) in [5.41, 5.74) is 0.521. The van der Waals surface area contributed by atoms with E-state index in [1.165, 1.54) is 29.5 Å². The van der Waals surface area contributed by atoms with Crippen molar-refractivity contribution in [2.24, 2.45) is 0 Å². The van der Waals surface area contributed by atoms with Crippen LogP contribution in [0.3, 0.4) is 0 Å². The van der Waals surface area contributed by atoms with Crippen LogP contribution in [0.15, 0.2) is 29.6 Å². The van der Waals surface area contributed by atoms with Crippen molar-refractivity contribution < 1.29 is 14.7 Å². The van der Waals surface area contributed by atoms with Crippen LogP contribution in [0.25, 0.3) is 0 Å². The Morgan fingerprint density at radius 3 is 2.58 bits per heavy atom. The van der Waals surface area contributed by atoms with Gasteiger partial charge in [-0.3, -0.25) is 9.59 Å². The van der Waals surface area contributed by atoms with Crippen LogP contribution >= 0.6 is 35.3 Å². The van der Waals surface area contributed by atoms with Gasteiger partial charge in [0.15, 0.2) is 0 Å². The number of carbonyl (C=O) groups is 2. The Labute approximate surface area is 166 Å². The summed E-state index contributed by atoms with van der Waals surface area (Å²) in [6.45, 7) is 1.77. The zero-order valence-electron chi connectivity index (χ0n) is 13.8. The highest BCUT2D eigenvalue weighted by Gasteiger charge is 2.21. The van der Waals surface area contributed by atoms with Gasteiger partial charge in [-0.05, 0) is 55.6 Å². The van der Waals surface area contributed by atoms with E-state index in [9.17, 15) is 14.7 Å². The van der Waals surface area contributed by atoms with Gasteiger partial charge in [-0.2, -0.15) is 0 Å². The zero-order chi connectivity index (χ0) is 17.8. The van der Waals surface area contributed by atoms with Gasteiger partial charge in [-0.25, -0.2) is 0 Å². The average Bonchev–Trinajstić information content (AvgIpc) is 3.03. The minimum Gasteiger partial charge on any atom is -0.507 e. The predicted octanol–water partition coefficient (Wildman–Crippen LogP) is 3.26. The maximum atomic E-state index is 12.5. The van der Waals surface area contributed by atoms with Crippen LogP contribution in [0.4, 0.5) is 5.00 Å². The molecule has 0 radical (unpaired) electrons. The Balaban J connectivity index is 0.00000243. The van der Waals surface area contributed by atoms with Crippen LogP contribution in [0, 0.1) is 0 Å². The van der Waals surface area contributed by atoms with Crippen molar-refractivity contribution in [1.82, 2.24) is 10.6 Å². The number of rotatable bonds is 4. The summed E-state index contributed by atoms with van der Waals surface area (Å²) < 4.78 is 0. The van der Waals surface area contributed by atoms with Gasteiger partial charge in [-0.1, -0.05) is 11.6 Å². The van der Waals surface area contributed by atoms with Gasteiger partial charge in [0.2, 0.25) is 0 Å². The second-order valence-corrected chi connectivity index (χ2v) is 7.13. The standard InChI is InChI=1S/C17H18ClN3O3S.ClH/c18-10-1-2-12(14(22)9-10)15(23)21-17-13(5-8-25-17)16(24)20-11-3-6-19-7-4-11;/h1-2,5,8-9,11,19,22H,3-4,6-7H2,(H,20,24)(H,21,23);1H. The lowest BCUT2D eigenvalue weighted by Gasteiger charge is -2.23. The number of hydrogen-bond donors (Lipinski definition) is 4. The molecule has 4 N–H and O–H groups in total. The predicted molar refractivity (Wildman–Crippen MR) is 106 cm³/mol. The summed E-state index contributed by atoms with van der Waals surface area (Å²) in [5, 5.41) is 21.3. The van der Waals surface area contributed by atoms with E-state index in [1.807, 2.05) is 0 Å². The van der Waals surface area contributed by atoms with Gasteiger partial charge >= 0.3 is 0 Å². The number of hydrogen-bond acceptors (Lipinski definition) is 5. The van der Waals surface area contributed by atoms with Gasteiger partial charge < -0.3 is 21.1 Å². The number of piperidine rings is 1. The number of phenols is 1. The van der Waals surface area contributed by atoms with Crippen molar-refractivity contribution in [3.8, 4) is 5.75 Å². The van der Waals surface area contributed by atoms with Crippen LogP contribution in [0.5, 0.6) is 5.75 Å². The minimum absolute atomic E-state index is 0. The lowest BCUT2D eigenvalue weighted by molar-refractivity contribution is 0.0931. The van der Waals surface area contributed by atoms with Crippen molar-refractivity contribution in [3.63, 3.8) is 0 Å². The third-order valence-electron chi connectivity index (χ3n) is 4.02. The highest BCUT2D eigenvalue weighted by Crippen LogP contribution is 2.27. The van der Waals surface area contributed by atoms with Crippen molar-refractivity contribution in [3.05, 3.63) is 45.8 Å². The molecule has 26 heavy (non-hydrogen) atoms. The van der Waals surface area contributed by atoms with E-state index >= 15 is 0 Å². The number of aromatic hydroxyl groups is 1. The number of benzene rings is 1. The highest BCUT2D eigenvalue weighted by molar-refractivity contribution is 7.14. The Morgan fingerprint density at radius 2 is 1.88 bits per heavy atom. The SMILES string of the molecule is Cl.O=C(Nc1sccc1C(=O)NC1CCNCC1)c1ccc(Cl)cc1O. The number of phenolic OH excluding ortho intramolecular Hbond substituents is 1. The fourth-order valence-electron chi connectivity index (χ4n) is 2.68. The molecule has 0 aliphatic carbocycles. The lowest BCUT2D eigenvalue weighted by atomic mass is 10.1. The second kappa shape index (κ2) is 9.23. The first-order chi connectivity index (χ1) is 12.0. The fourth-order valence-corrected chi connectivity index (χ4v) is 3.63. The summed E-state index contributed by atoms with van der Waals surface area (Å²) >= 11 is 7.04. The Morgan fingerprint density at radius 1 is 1.15 bits per heavy atom. The first-order valence-corrected chi connectivity index (χ1v) is 9.19. The van der Waals surface area contributed by atoms with Crippen LogP contribution in [0.2, 0.25) is 5.02 Å². The Kier molecular flexibility index (Phi) is 7.28. The first-order valence-electron chi connectivity index (χ1n) is 7.93. The second-order valence-electron chi connectivity index (χ2n) is 5.78. The van der Waals surface area contributed by atoms with E-state index in [2.05, 4.69) is 16.0 Å². The number of thiophene rings is 1. The van der Waals surface area contributed by atoms with E-state index in [0.717, 1.165) is 25.9 Å². The molecule has 0 unspecified atom stereocenters. The summed E-state index contributed by atoms with van der Waals surface area (Å²) in [5.74, 6) is -0.904. The third-order valence-corrected chi connectivity index (χ3v) is 5.08. The van der Waals surface area contributed by atoms with Crippen molar-refractivity contribution >= 4 is 52.2 Å². The molecule has 1 fully saturated rings. The molecule has 9 heteroatoms. The summed E-state index contributed by atoms with van der Waals surface area (Å²) in [6.07, 6.45) is 1.77. The molecule has 0 bridgehead atoms.